The molecule has 0 amide bonds. The summed E-state index contributed by atoms with van der Waals surface area (Å²) in [6.07, 6.45) is 1.23. The molecule has 0 spiro atoms. The van der Waals surface area contributed by atoms with Crippen LogP contribution in [0.4, 0.5) is 4.39 Å². The van der Waals surface area contributed by atoms with Gasteiger partial charge in [-0.1, -0.05) is 19.9 Å². The third-order valence-electron chi connectivity index (χ3n) is 3.64. The summed E-state index contributed by atoms with van der Waals surface area (Å²) in [5.74, 6) is 0.830. The summed E-state index contributed by atoms with van der Waals surface area (Å²) in [5, 5.41) is -0.391. The van der Waals surface area contributed by atoms with Gasteiger partial charge in [-0.3, -0.25) is 0 Å². The van der Waals surface area contributed by atoms with Gasteiger partial charge >= 0.3 is 0 Å². The van der Waals surface area contributed by atoms with E-state index in [2.05, 4.69) is 18.7 Å². The van der Waals surface area contributed by atoms with Crippen molar-refractivity contribution in [3.05, 3.63) is 36.0 Å². The normalized spacial score (nSPS) is 18.6. The van der Waals surface area contributed by atoms with Gasteiger partial charge in [0.15, 0.2) is 9.84 Å². The fourth-order valence-electron chi connectivity index (χ4n) is 2.66. The minimum Gasteiger partial charge on any atom is -0.303 e. The Morgan fingerprint density at radius 3 is 2.50 bits per heavy atom. The molecule has 2 rings (SSSR count). The highest BCUT2D eigenvalue weighted by molar-refractivity contribution is 7.92. The van der Waals surface area contributed by atoms with E-state index < -0.39 is 20.9 Å². The number of halogens is 1. The van der Waals surface area contributed by atoms with E-state index >= 15 is 0 Å². The molecule has 0 aromatic heterocycles. The van der Waals surface area contributed by atoms with Gasteiger partial charge in [-0.15, -0.1) is 0 Å². The quantitative estimate of drug-likeness (QED) is 0.857. The van der Waals surface area contributed by atoms with E-state index in [0.717, 1.165) is 25.7 Å². The molecule has 1 saturated heterocycles. The van der Waals surface area contributed by atoms with Crippen molar-refractivity contribution in [1.29, 1.82) is 0 Å². The summed E-state index contributed by atoms with van der Waals surface area (Å²) in [4.78, 5) is 2.38. The van der Waals surface area contributed by atoms with Gasteiger partial charge in [0, 0.05) is 6.54 Å². The lowest BCUT2D eigenvalue weighted by atomic mass is 10.1. The van der Waals surface area contributed by atoms with E-state index in [1.54, 1.807) is 0 Å². The molecule has 3 nitrogen and oxygen atoms in total. The topological polar surface area (TPSA) is 37.4 Å². The van der Waals surface area contributed by atoms with Crippen LogP contribution in [-0.2, 0) is 9.84 Å². The first-order valence-electron chi connectivity index (χ1n) is 6.90. The predicted molar refractivity (Wildman–Crippen MR) is 77.6 cm³/mol. The molecule has 1 aromatic carbocycles. The number of hydrogen-bond acceptors (Lipinski definition) is 3. The number of piperidine rings is 1. The molecule has 0 N–H and O–H groups in total. The summed E-state index contributed by atoms with van der Waals surface area (Å²) in [6, 6.07) is 5.31. The fraction of sp³-hybridized carbons (Fsp3) is 0.533. The van der Waals surface area contributed by atoms with Gasteiger partial charge in [-0.05, 0) is 50.0 Å². The molecular formula is C15H21FNO2S. The van der Waals surface area contributed by atoms with Crippen LogP contribution >= 0.6 is 0 Å². The van der Waals surface area contributed by atoms with Crippen molar-refractivity contribution in [1.82, 2.24) is 4.90 Å². The largest absolute Gasteiger partial charge is 0.303 e. The second-order valence-corrected chi connectivity index (χ2v) is 7.91. The maximum Gasteiger partial charge on any atom is 0.181 e. The van der Waals surface area contributed by atoms with Gasteiger partial charge < -0.3 is 4.90 Å². The van der Waals surface area contributed by atoms with E-state index in [4.69, 9.17) is 0 Å². The second kappa shape index (κ2) is 6.22. The highest BCUT2D eigenvalue weighted by atomic mass is 32.2. The maximum atomic E-state index is 13.2. The van der Waals surface area contributed by atoms with Crippen molar-refractivity contribution in [2.75, 3.05) is 19.6 Å². The van der Waals surface area contributed by atoms with Crippen LogP contribution in [0.2, 0.25) is 0 Å². The Morgan fingerprint density at radius 2 is 1.95 bits per heavy atom. The zero-order valence-electron chi connectivity index (χ0n) is 12.0. The number of benzene rings is 1. The third-order valence-corrected chi connectivity index (χ3v) is 5.90. The van der Waals surface area contributed by atoms with Crippen molar-refractivity contribution in [3.8, 4) is 0 Å². The predicted octanol–water partition coefficient (Wildman–Crippen LogP) is 2.68. The molecule has 1 aliphatic rings. The summed E-state index contributed by atoms with van der Waals surface area (Å²) in [6.45, 7) is 6.65. The van der Waals surface area contributed by atoms with Gasteiger partial charge in [0.25, 0.3) is 0 Å². The van der Waals surface area contributed by atoms with E-state index in [-0.39, 0.29) is 4.90 Å². The Kier molecular flexibility index (Phi) is 4.81. The zero-order valence-corrected chi connectivity index (χ0v) is 12.8. The number of likely N-dealkylation sites (tertiary alicyclic amines) is 1. The molecule has 1 aromatic rings. The summed E-state index contributed by atoms with van der Waals surface area (Å²) < 4.78 is 38.2. The Bertz CT molecular complexity index is 549. The molecule has 20 heavy (non-hydrogen) atoms. The minimum absolute atomic E-state index is 0.106. The molecule has 1 aliphatic heterocycles. The highest BCUT2D eigenvalue weighted by Crippen LogP contribution is 2.25. The molecule has 0 bridgehead atoms. The van der Waals surface area contributed by atoms with Gasteiger partial charge in [0.2, 0.25) is 0 Å². The summed E-state index contributed by atoms with van der Waals surface area (Å²) in [7, 11) is -3.41. The highest BCUT2D eigenvalue weighted by Gasteiger charge is 2.31. The monoisotopic (exact) mass is 298 g/mol. The molecule has 111 valence electrons. The molecule has 0 aliphatic carbocycles. The number of nitrogens with zero attached hydrogens (tertiary/aromatic N) is 1. The molecule has 0 saturated carbocycles. The van der Waals surface area contributed by atoms with E-state index in [9.17, 15) is 12.8 Å². The first-order chi connectivity index (χ1) is 9.39. The van der Waals surface area contributed by atoms with Gasteiger partial charge in [-0.25, -0.2) is 12.8 Å². The fourth-order valence-corrected chi connectivity index (χ4v) is 4.42. The molecule has 0 unspecified atom stereocenters. The average molecular weight is 298 g/mol. The number of hydrogen-bond donors (Lipinski definition) is 0. The zero-order chi connectivity index (χ0) is 14.8. The van der Waals surface area contributed by atoms with Crippen LogP contribution in [-0.4, -0.2) is 38.2 Å². The van der Waals surface area contributed by atoms with Crippen molar-refractivity contribution in [2.45, 2.75) is 36.8 Å². The second-order valence-electron chi connectivity index (χ2n) is 5.68. The number of rotatable bonds is 4. The molecular weight excluding hydrogens is 277 g/mol. The lowest BCUT2D eigenvalue weighted by Crippen LogP contribution is -2.40. The average Bonchev–Trinajstić information content (AvgIpc) is 2.38. The molecule has 1 heterocycles. The minimum atomic E-state index is -3.41. The Morgan fingerprint density at radius 1 is 1.30 bits per heavy atom. The first kappa shape index (κ1) is 15.4. The van der Waals surface area contributed by atoms with Crippen molar-refractivity contribution >= 4 is 9.84 Å². The number of sulfone groups is 1. The Balaban J connectivity index is 2.06. The standard InChI is InChI=1S/C15H21FNO2S/c1-12(2)11-17-8-6-14(7-9-17)20(18,19)15-5-3-4-13(16)10-15/h3-5,10,14H,6-9,11H2,1-2H3. The lowest BCUT2D eigenvalue weighted by Gasteiger charge is -2.32. The van der Waals surface area contributed by atoms with Crippen LogP contribution in [0.15, 0.2) is 29.2 Å². The SMILES string of the molecule is C[C](C)CN1CCC(S(=O)(=O)c2cccc(F)c2)CC1. The van der Waals surface area contributed by atoms with Gasteiger partial charge in [0.1, 0.15) is 5.82 Å². The third kappa shape index (κ3) is 3.58. The lowest BCUT2D eigenvalue weighted by molar-refractivity contribution is 0.238. The molecule has 5 heteroatoms. The van der Waals surface area contributed by atoms with Crippen LogP contribution in [0.5, 0.6) is 0 Å². The van der Waals surface area contributed by atoms with E-state index in [1.807, 2.05) is 0 Å². The summed E-state index contributed by atoms with van der Waals surface area (Å²) >= 11 is 0. The van der Waals surface area contributed by atoms with E-state index in [0.29, 0.717) is 12.8 Å². The molecule has 1 fully saturated rings. The van der Waals surface area contributed by atoms with Gasteiger partial charge in [0.05, 0.1) is 10.1 Å². The van der Waals surface area contributed by atoms with Crippen LogP contribution in [0.1, 0.15) is 26.7 Å². The van der Waals surface area contributed by atoms with Crippen molar-refractivity contribution < 1.29 is 12.8 Å². The van der Waals surface area contributed by atoms with Crippen LogP contribution in [0.3, 0.4) is 0 Å². The van der Waals surface area contributed by atoms with Crippen LogP contribution in [0, 0.1) is 11.7 Å². The maximum absolute atomic E-state index is 13.2. The smallest absolute Gasteiger partial charge is 0.181 e. The molecule has 0 atom stereocenters. The Labute approximate surface area is 120 Å². The van der Waals surface area contributed by atoms with Crippen molar-refractivity contribution in [2.24, 2.45) is 0 Å². The van der Waals surface area contributed by atoms with E-state index in [1.165, 1.54) is 24.1 Å². The van der Waals surface area contributed by atoms with Crippen LogP contribution in [0.25, 0.3) is 0 Å². The Hall–Kier alpha value is -0.940. The van der Waals surface area contributed by atoms with Crippen molar-refractivity contribution in [3.63, 3.8) is 0 Å². The van der Waals surface area contributed by atoms with Crippen LogP contribution < -0.4 is 0 Å². The first-order valence-corrected chi connectivity index (χ1v) is 8.45. The van der Waals surface area contributed by atoms with Gasteiger partial charge in [-0.2, -0.15) is 0 Å². The molecule has 1 radical (unpaired) electrons. The summed E-state index contributed by atoms with van der Waals surface area (Å²) in [5.41, 5.74) is 0.